The van der Waals surface area contributed by atoms with Gasteiger partial charge in [0.05, 0.1) is 17.7 Å². The third-order valence-corrected chi connectivity index (χ3v) is 10.2. The molecule has 0 aliphatic heterocycles. The van der Waals surface area contributed by atoms with Gasteiger partial charge in [0.1, 0.15) is 18.3 Å². The van der Waals surface area contributed by atoms with Gasteiger partial charge in [-0.15, -0.1) is 0 Å². The Morgan fingerprint density at radius 1 is 0.848 bits per heavy atom. The van der Waals surface area contributed by atoms with Crippen LogP contribution in [-0.4, -0.2) is 50.9 Å². The molecule has 1 fully saturated rings. The van der Waals surface area contributed by atoms with Crippen LogP contribution in [0.1, 0.15) is 36.8 Å². The van der Waals surface area contributed by atoms with Crippen LogP contribution in [0.2, 0.25) is 5.02 Å². The highest BCUT2D eigenvalue weighted by Crippen LogP contribution is 2.27. The number of nitrogens with zero attached hydrogens (tertiary/aromatic N) is 2. The molecule has 1 aliphatic rings. The summed E-state index contributed by atoms with van der Waals surface area (Å²) in [7, 11) is -2.65. The smallest absolute Gasteiger partial charge is 0.264 e. The predicted molar refractivity (Wildman–Crippen MR) is 180 cm³/mol. The van der Waals surface area contributed by atoms with Crippen molar-refractivity contribution in [3.63, 3.8) is 0 Å². The van der Waals surface area contributed by atoms with Crippen LogP contribution in [-0.2, 0) is 32.6 Å². The van der Waals surface area contributed by atoms with Crippen LogP contribution >= 0.6 is 11.6 Å². The van der Waals surface area contributed by atoms with Crippen LogP contribution in [0.5, 0.6) is 5.75 Å². The van der Waals surface area contributed by atoms with Gasteiger partial charge >= 0.3 is 0 Å². The number of anilines is 1. The molecule has 0 saturated heterocycles. The topological polar surface area (TPSA) is 96.0 Å². The highest BCUT2D eigenvalue weighted by molar-refractivity contribution is 7.92. The van der Waals surface area contributed by atoms with E-state index in [1.165, 1.54) is 24.1 Å². The summed E-state index contributed by atoms with van der Waals surface area (Å²) < 4.78 is 34.6. The lowest BCUT2D eigenvalue weighted by Crippen LogP contribution is -2.54. The van der Waals surface area contributed by atoms with Crippen molar-refractivity contribution in [3.8, 4) is 5.75 Å². The summed E-state index contributed by atoms with van der Waals surface area (Å²) >= 11 is 6.17. The number of methoxy groups -OCH3 is 1. The number of sulfonamides is 1. The number of carbonyl (C=O) groups is 2. The van der Waals surface area contributed by atoms with Crippen molar-refractivity contribution in [3.05, 3.63) is 125 Å². The first-order valence-corrected chi connectivity index (χ1v) is 17.2. The van der Waals surface area contributed by atoms with Crippen LogP contribution in [0.3, 0.4) is 0 Å². The molecule has 46 heavy (non-hydrogen) atoms. The fraction of sp³-hybridized carbons (Fsp3) is 0.278. The zero-order valence-electron chi connectivity index (χ0n) is 25.7. The second kappa shape index (κ2) is 15.3. The average Bonchev–Trinajstić information content (AvgIpc) is 3.60. The molecule has 1 N–H and O–H groups in total. The zero-order chi connectivity index (χ0) is 32.5. The molecule has 4 aromatic rings. The molecule has 0 spiro atoms. The van der Waals surface area contributed by atoms with Crippen LogP contribution < -0.4 is 14.4 Å². The van der Waals surface area contributed by atoms with Crippen molar-refractivity contribution < 1.29 is 22.7 Å². The predicted octanol–water partition coefficient (Wildman–Crippen LogP) is 6.24. The zero-order valence-corrected chi connectivity index (χ0v) is 27.3. The average molecular weight is 660 g/mol. The first-order chi connectivity index (χ1) is 22.2. The highest BCUT2D eigenvalue weighted by atomic mass is 35.5. The van der Waals surface area contributed by atoms with E-state index in [1.54, 1.807) is 66.7 Å². The van der Waals surface area contributed by atoms with E-state index in [2.05, 4.69) is 5.32 Å². The summed E-state index contributed by atoms with van der Waals surface area (Å²) in [5.74, 6) is -0.240. The Labute approximate surface area is 276 Å². The molecule has 0 radical (unpaired) electrons. The lowest BCUT2D eigenvalue weighted by molar-refractivity contribution is -0.140. The fourth-order valence-corrected chi connectivity index (χ4v) is 7.27. The summed E-state index contributed by atoms with van der Waals surface area (Å²) in [5.41, 5.74) is 1.93. The van der Waals surface area contributed by atoms with Gasteiger partial charge in [-0.2, -0.15) is 0 Å². The molecule has 5 rings (SSSR count). The van der Waals surface area contributed by atoms with Gasteiger partial charge in [-0.3, -0.25) is 13.9 Å². The van der Waals surface area contributed by atoms with Gasteiger partial charge in [-0.1, -0.05) is 85.1 Å². The summed E-state index contributed by atoms with van der Waals surface area (Å²) in [5, 5.41) is 3.73. The van der Waals surface area contributed by atoms with Gasteiger partial charge in [0, 0.05) is 24.0 Å². The summed E-state index contributed by atoms with van der Waals surface area (Å²) in [6, 6.07) is 30.2. The van der Waals surface area contributed by atoms with Crippen LogP contribution in [0.4, 0.5) is 5.69 Å². The molecular formula is C36H38ClN3O5S. The summed E-state index contributed by atoms with van der Waals surface area (Å²) in [6.45, 7) is -0.452. The van der Waals surface area contributed by atoms with Crippen molar-refractivity contribution in [1.29, 1.82) is 0 Å². The number of nitrogens with one attached hydrogen (secondary N) is 1. The Morgan fingerprint density at radius 2 is 1.46 bits per heavy atom. The van der Waals surface area contributed by atoms with E-state index in [0.29, 0.717) is 16.5 Å². The van der Waals surface area contributed by atoms with Gasteiger partial charge in [-0.05, 0) is 72.5 Å². The number of hydrogen-bond acceptors (Lipinski definition) is 5. The number of carbonyl (C=O) groups excluding carboxylic acids is 2. The Morgan fingerprint density at radius 3 is 2.07 bits per heavy atom. The molecule has 0 bridgehead atoms. The van der Waals surface area contributed by atoms with Gasteiger partial charge in [0.25, 0.3) is 10.0 Å². The summed E-state index contributed by atoms with van der Waals surface area (Å²) in [4.78, 5) is 30.2. The van der Waals surface area contributed by atoms with E-state index in [9.17, 15) is 18.0 Å². The first-order valence-electron chi connectivity index (χ1n) is 15.3. The fourth-order valence-electron chi connectivity index (χ4n) is 5.70. The third kappa shape index (κ3) is 8.27. The maximum absolute atomic E-state index is 14.6. The van der Waals surface area contributed by atoms with E-state index in [0.717, 1.165) is 41.1 Å². The molecular weight excluding hydrogens is 622 g/mol. The minimum Gasteiger partial charge on any atom is -0.497 e. The number of rotatable bonds is 13. The Hall–Kier alpha value is -4.34. The minimum atomic E-state index is -4.18. The van der Waals surface area contributed by atoms with Crippen molar-refractivity contribution in [2.24, 2.45) is 0 Å². The van der Waals surface area contributed by atoms with E-state index in [-0.39, 0.29) is 29.8 Å². The number of hydrogen-bond donors (Lipinski definition) is 1. The minimum absolute atomic E-state index is 0.0347. The van der Waals surface area contributed by atoms with E-state index >= 15 is 0 Å². The van der Waals surface area contributed by atoms with Gasteiger partial charge in [-0.25, -0.2) is 8.42 Å². The lowest BCUT2D eigenvalue weighted by Gasteiger charge is -2.34. The van der Waals surface area contributed by atoms with Crippen LogP contribution in [0.25, 0.3) is 0 Å². The number of halogens is 1. The second-order valence-electron chi connectivity index (χ2n) is 11.4. The Bertz CT molecular complexity index is 1700. The molecule has 1 unspecified atom stereocenters. The number of ether oxygens (including phenoxy) is 1. The quantitative estimate of drug-likeness (QED) is 0.183. The molecule has 1 saturated carbocycles. The maximum atomic E-state index is 14.6. The normalized spacial score (nSPS) is 14.0. The van der Waals surface area contributed by atoms with Crippen molar-refractivity contribution in [1.82, 2.24) is 10.2 Å². The largest absolute Gasteiger partial charge is 0.497 e. The molecule has 0 heterocycles. The van der Waals surface area contributed by atoms with Gasteiger partial charge < -0.3 is 15.0 Å². The first kappa shape index (κ1) is 33.0. The monoisotopic (exact) mass is 659 g/mol. The SMILES string of the molecule is COc1ccc(N(CC(=O)N(Cc2ccc(Cl)cc2)C(Cc2ccccc2)C(=O)NC2CCCC2)S(=O)(=O)c2ccccc2)cc1. The van der Waals surface area contributed by atoms with E-state index in [4.69, 9.17) is 16.3 Å². The van der Waals surface area contributed by atoms with E-state index in [1.807, 2.05) is 30.3 Å². The van der Waals surface area contributed by atoms with Crippen LogP contribution in [0.15, 0.2) is 114 Å². The molecule has 8 nitrogen and oxygen atoms in total. The Balaban J connectivity index is 1.55. The molecule has 0 aromatic heterocycles. The van der Waals surface area contributed by atoms with Crippen LogP contribution in [0, 0.1) is 0 Å². The van der Waals surface area contributed by atoms with Crippen molar-refractivity contribution >= 4 is 39.1 Å². The van der Waals surface area contributed by atoms with Gasteiger partial charge in [0.15, 0.2) is 0 Å². The number of amides is 2. The summed E-state index contributed by atoms with van der Waals surface area (Å²) in [6.07, 6.45) is 4.10. The standard InChI is InChI=1S/C36H38ClN3O5S/c1-45-32-22-20-31(21-23-32)40(46(43,44)33-14-6-3-7-15-33)26-35(41)39(25-28-16-18-29(37)19-17-28)34(24-27-10-4-2-5-11-27)36(42)38-30-12-8-9-13-30/h2-7,10-11,14-23,30,34H,8-9,12-13,24-26H2,1H3,(H,38,42). The van der Waals surface area contributed by atoms with Crippen molar-refractivity contribution in [2.45, 2.75) is 55.6 Å². The molecule has 1 aliphatic carbocycles. The molecule has 2 amide bonds. The molecule has 4 aromatic carbocycles. The highest BCUT2D eigenvalue weighted by Gasteiger charge is 2.35. The second-order valence-corrected chi connectivity index (χ2v) is 13.7. The molecule has 240 valence electrons. The Kier molecular flexibility index (Phi) is 11.0. The lowest BCUT2D eigenvalue weighted by atomic mass is 10.0. The molecule has 10 heteroatoms. The number of benzene rings is 4. The van der Waals surface area contributed by atoms with E-state index < -0.39 is 28.5 Å². The van der Waals surface area contributed by atoms with Gasteiger partial charge in [0.2, 0.25) is 11.8 Å². The maximum Gasteiger partial charge on any atom is 0.264 e. The molecule has 1 atom stereocenters. The third-order valence-electron chi connectivity index (χ3n) is 8.21. The van der Waals surface area contributed by atoms with Crippen molar-refractivity contribution in [2.75, 3.05) is 18.0 Å².